The van der Waals surface area contributed by atoms with E-state index in [0.717, 1.165) is 63.2 Å². The standard InChI is InChI=1S/C21H24F3N2O2/c22-21(23,24)28-20-10-4-17(5-11-20)3-1-2-12-25-13-15-26(16-14-25)18-6-8-19(27)9-7-18/h4-11H,1-3,12-16H2. The van der Waals surface area contributed by atoms with Gasteiger partial charge in [0.1, 0.15) is 5.75 Å². The number of halogens is 3. The summed E-state index contributed by atoms with van der Waals surface area (Å²) in [6.07, 6.45) is -1.77. The highest BCUT2D eigenvalue weighted by molar-refractivity contribution is 5.49. The van der Waals surface area contributed by atoms with Crippen LogP contribution >= 0.6 is 0 Å². The maximum atomic E-state index is 12.2. The van der Waals surface area contributed by atoms with Crippen LogP contribution in [0.5, 0.6) is 11.5 Å². The number of nitrogens with zero attached hydrogens (tertiary/aromatic N) is 2. The Morgan fingerprint density at radius 2 is 1.50 bits per heavy atom. The smallest absolute Gasteiger partial charge is 0.406 e. The second-order valence-corrected chi connectivity index (χ2v) is 6.97. The van der Waals surface area contributed by atoms with Crippen LogP contribution in [0.2, 0.25) is 0 Å². The Balaban J connectivity index is 1.33. The minimum absolute atomic E-state index is 0.0323. The van der Waals surface area contributed by atoms with Gasteiger partial charge in [0, 0.05) is 31.9 Å². The van der Waals surface area contributed by atoms with Crippen molar-refractivity contribution >= 4 is 5.69 Å². The average molecular weight is 393 g/mol. The summed E-state index contributed by atoms with van der Waals surface area (Å²) in [6.45, 7) is 4.88. The molecule has 1 aliphatic rings. The lowest BCUT2D eigenvalue weighted by molar-refractivity contribution is -0.274. The number of ether oxygens (including phenoxy) is 1. The Bertz CT molecular complexity index is 725. The highest BCUT2D eigenvalue weighted by Gasteiger charge is 2.30. The van der Waals surface area contributed by atoms with E-state index in [1.807, 2.05) is 12.1 Å². The van der Waals surface area contributed by atoms with Gasteiger partial charge in [0.2, 0.25) is 0 Å². The molecule has 0 amide bonds. The molecule has 4 nitrogen and oxygen atoms in total. The number of aryl methyl sites for hydroxylation is 1. The van der Waals surface area contributed by atoms with Crippen molar-refractivity contribution in [3.8, 4) is 11.5 Å². The summed E-state index contributed by atoms with van der Waals surface area (Å²) < 4.78 is 40.4. The van der Waals surface area contributed by atoms with E-state index >= 15 is 0 Å². The molecule has 0 atom stereocenters. The van der Waals surface area contributed by atoms with Crippen LogP contribution < -0.4 is 9.64 Å². The molecule has 1 radical (unpaired) electrons. The van der Waals surface area contributed by atoms with Gasteiger partial charge in [-0.25, -0.2) is 0 Å². The molecule has 1 fully saturated rings. The van der Waals surface area contributed by atoms with Crippen LogP contribution in [-0.4, -0.2) is 44.0 Å². The molecule has 0 N–H and O–H groups in total. The predicted octanol–water partition coefficient (Wildman–Crippen LogP) is 4.87. The molecule has 1 heterocycles. The van der Waals surface area contributed by atoms with Crippen molar-refractivity contribution in [2.45, 2.75) is 25.6 Å². The van der Waals surface area contributed by atoms with Gasteiger partial charge in [-0.15, -0.1) is 13.2 Å². The van der Waals surface area contributed by atoms with Crippen LogP contribution in [-0.2, 0) is 11.5 Å². The summed E-state index contributed by atoms with van der Waals surface area (Å²) in [5.74, 6) is -0.149. The zero-order chi connectivity index (χ0) is 20.0. The fraction of sp³-hybridized carbons (Fsp3) is 0.429. The second-order valence-electron chi connectivity index (χ2n) is 6.97. The maximum Gasteiger partial charge on any atom is 0.573 e. The number of alkyl halides is 3. The highest BCUT2D eigenvalue weighted by Crippen LogP contribution is 2.23. The molecule has 1 saturated heterocycles. The van der Waals surface area contributed by atoms with Crippen LogP contribution in [0.1, 0.15) is 18.4 Å². The van der Waals surface area contributed by atoms with Crippen molar-refractivity contribution in [3.63, 3.8) is 0 Å². The van der Waals surface area contributed by atoms with Crippen molar-refractivity contribution in [1.29, 1.82) is 0 Å². The van der Waals surface area contributed by atoms with Crippen LogP contribution in [0.25, 0.3) is 0 Å². The van der Waals surface area contributed by atoms with Gasteiger partial charge in [0.05, 0.1) is 0 Å². The molecule has 151 valence electrons. The summed E-state index contributed by atoms with van der Waals surface area (Å²) >= 11 is 0. The van der Waals surface area contributed by atoms with Crippen LogP contribution in [0, 0.1) is 0 Å². The van der Waals surface area contributed by atoms with E-state index in [1.165, 1.54) is 12.1 Å². The fourth-order valence-corrected chi connectivity index (χ4v) is 3.41. The van der Waals surface area contributed by atoms with Gasteiger partial charge < -0.3 is 9.64 Å². The highest BCUT2D eigenvalue weighted by atomic mass is 19.4. The first-order chi connectivity index (χ1) is 13.4. The predicted molar refractivity (Wildman–Crippen MR) is 101 cm³/mol. The molecule has 7 heteroatoms. The zero-order valence-corrected chi connectivity index (χ0v) is 15.6. The molecule has 3 rings (SSSR count). The summed E-state index contributed by atoms with van der Waals surface area (Å²) in [6, 6.07) is 13.1. The molecule has 0 saturated carbocycles. The number of hydrogen-bond acceptors (Lipinski definition) is 3. The number of anilines is 1. The largest absolute Gasteiger partial charge is 0.573 e. The molecule has 0 aliphatic carbocycles. The van der Waals surface area contributed by atoms with E-state index in [9.17, 15) is 18.3 Å². The lowest BCUT2D eigenvalue weighted by atomic mass is 10.1. The zero-order valence-electron chi connectivity index (χ0n) is 15.6. The Morgan fingerprint density at radius 1 is 0.857 bits per heavy atom. The Labute approximate surface area is 163 Å². The van der Waals surface area contributed by atoms with E-state index in [-0.39, 0.29) is 11.5 Å². The first-order valence-electron chi connectivity index (χ1n) is 9.48. The number of piperazine rings is 1. The maximum absolute atomic E-state index is 12.2. The third kappa shape index (κ3) is 6.34. The number of benzene rings is 2. The normalized spacial score (nSPS) is 15.6. The third-order valence-electron chi connectivity index (χ3n) is 4.92. The average Bonchev–Trinajstić information content (AvgIpc) is 2.66. The summed E-state index contributed by atoms with van der Waals surface area (Å²) in [5, 5.41) is 11.2. The van der Waals surface area contributed by atoms with Gasteiger partial charge in [-0.1, -0.05) is 12.1 Å². The number of unbranched alkanes of at least 4 members (excludes halogenated alkanes) is 1. The lowest BCUT2D eigenvalue weighted by Crippen LogP contribution is -2.46. The van der Waals surface area contributed by atoms with E-state index in [2.05, 4.69) is 14.5 Å². The van der Waals surface area contributed by atoms with Crippen molar-refractivity contribution in [2.75, 3.05) is 37.6 Å². The van der Waals surface area contributed by atoms with Crippen molar-refractivity contribution in [2.24, 2.45) is 0 Å². The summed E-state index contributed by atoms with van der Waals surface area (Å²) in [4.78, 5) is 4.72. The molecule has 0 aromatic heterocycles. The van der Waals surface area contributed by atoms with Crippen LogP contribution in [0.15, 0.2) is 48.5 Å². The summed E-state index contributed by atoms with van der Waals surface area (Å²) in [5.41, 5.74) is 2.11. The lowest BCUT2D eigenvalue weighted by Gasteiger charge is -2.36. The first kappa shape index (κ1) is 20.3. The van der Waals surface area contributed by atoms with Crippen molar-refractivity contribution < 1.29 is 23.0 Å². The second kappa shape index (κ2) is 9.19. The molecular formula is C21H24F3N2O2. The Kier molecular flexibility index (Phi) is 6.67. The van der Waals surface area contributed by atoms with Gasteiger partial charge in [0.15, 0.2) is 5.75 Å². The van der Waals surface area contributed by atoms with E-state index in [0.29, 0.717) is 0 Å². The van der Waals surface area contributed by atoms with E-state index in [4.69, 9.17) is 0 Å². The molecule has 2 aromatic carbocycles. The van der Waals surface area contributed by atoms with Gasteiger partial charge in [-0.3, -0.25) is 10.0 Å². The third-order valence-corrected chi connectivity index (χ3v) is 4.92. The van der Waals surface area contributed by atoms with Gasteiger partial charge in [0.25, 0.3) is 0 Å². The van der Waals surface area contributed by atoms with Gasteiger partial charge in [-0.05, 0) is 67.8 Å². The molecule has 2 aromatic rings. The minimum Gasteiger partial charge on any atom is -0.406 e. The number of hydrogen-bond donors (Lipinski definition) is 0. The fourth-order valence-electron chi connectivity index (χ4n) is 3.41. The Hall–Kier alpha value is -2.41. The molecular weight excluding hydrogens is 369 g/mol. The SMILES string of the molecule is [O]c1ccc(N2CCN(CCCCc3ccc(OC(F)(F)F)cc3)CC2)cc1. The first-order valence-corrected chi connectivity index (χ1v) is 9.48. The molecule has 0 bridgehead atoms. The number of rotatable bonds is 7. The topological polar surface area (TPSA) is 35.6 Å². The minimum atomic E-state index is -4.65. The monoisotopic (exact) mass is 393 g/mol. The van der Waals surface area contributed by atoms with Crippen LogP contribution in [0.3, 0.4) is 0 Å². The summed E-state index contributed by atoms with van der Waals surface area (Å²) in [7, 11) is 0. The van der Waals surface area contributed by atoms with E-state index < -0.39 is 6.36 Å². The molecule has 0 spiro atoms. The molecule has 28 heavy (non-hydrogen) atoms. The quantitative estimate of drug-likeness (QED) is 0.630. The molecule has 0 unspecified atom stereocenters. The van der Waals surface area contributed by atoms with Gasteiger partial charge in [-0.2, -0.15) is 0 Å². The molecule has 1 aliphatic heterocycles. The van der Waals surface area contributed by atoms with Crippen molar-refractivity contribution in [1.82, 2.24) is 4.90 Å². The van der Waals surface area contributed by atoms with Gasteiger partial charge >= 0.3 is 6.36 Å². The van der Waals surface area contributed by atoms with Crippen molar-refractivity contribution in [3.05, 3.63) is 54.1 Å². The Morgan fingerprint density at radius 3 is 2.11 bits per heavy atom. The van der Waals surface area contributed by atoms with Crippen LogP contribution in [0.4, 0.5) is 18.9 Å². The van der Waals surface area contributed by atoms with E-state index in [1.54, 1.807) is 24.3 Å².